The first-order valence-corrected chi connectivity index (χ1v) is 10.3. The van der Waals surface area contributed by atoms with Crippen molar-refractivity contribution in [3.05, 3.63) is 65.2 Å². The zero-order chi connectivity index (χ0) is 19.5. The molecule has 142 valence electrons. The summed E-state index contributed by atoms with van der Waals surface area (Å²) in [7, 11) is 0. The Kier molecular flexibility index (Phi) is 5.31. The molecule has 2 aromatic carbocycles. The summed E-state index contributed by atoms with van der Waals surface area (Å²) in [5.41, 5.74) is 2.98. The van der Waals surface area contributed by atoms with E-state index in [9.17, 15) is 9.59 Å². The van der Waals surface area contributed by atoms with Gasteiger partial charge in [0.05, 0.1) is 6.54 Å². The molecule has 0 saturated carbocycles. The van der Waals surface area contributed by atoms with E-state index in [0.717, 1.165) is 26.3 Å². The third kappa shape index (κ3) is 4.18. The first kappa shape index (κ1) is 18.5. The maximum atomic E-state index is 12.5. The minimum absolute atomic E-state index is 0.202. The van der Waals surface area contributed by atoms with E-state index in [1.54, 1.807) is 52.3 Å². The van der Waals surface area contributed by atoms with E-state index in [4.69, 9.17) is 4.74 Å². The van der Waals surface area contributed by atoms with Crippen LogP contribution in [0.3, 0.4) is 0 Å². The molecule has 2 amide bonds. The number of carbonyl (C=O) groups excluding carboxylic acids is 2. The number of cyclic esters (lactones) is 1. The van der Waals surface area contributed by atoms with Crippen LogP contribution in [0.4, 0.5) is 16.2 Å². The predicted molar refractivity (Wildman–Crippen MR) is 111 cm³/mol. The summed E-state index contributed by atoms with van der Waals surface area (Å²) < 4.78 is 5.92. The molecule has 1 saturated heterocycles. The summed E-state index contributed by atoms with van der Waals surface area (Å²) in [6.45, 7) is 2.88. The van der Waals surface area contributed by atoms with Gasteiger partial charge in [0.1, 0.15) is 6.61 Å². The van der Waals surface area contributed by atoms with E-state index in [1.807, 2.05) is 36.6 Å². The Bertz CT molecular complexity index is 1000. The largest absolute Gasteiger partial charge is 0.447 e. The Hall–Kier alpha value is -2.84. The zero-order valence-electron chi connectivity index (χ0n) is 15.0. The van der Waals surface area contributed by atoms with Crippen molar-refractivity contribution >= 4 is 46.5 Å². The molecule has 0 bridgehead atoms. The van der Waals surface area contributed by atoms with Gasteiger partial charge in [-0.1, -0.05) is 11.8 Å². The van der Waals surface area contributed by atoms with Gasteiger partial charge in [-0.05, 0) is 55.5 Å². The number of carbonyl (C=O) groups is 2. The number of thiazole rings is 1. The second kappa shape index (κ2) is 8.04. The Morgan fingerprint density at radius 1 is 1.18 bits per heavy atom. The fraction of sp³-hybridized carbons (Fsp3) is 0.150. The molecule has 2 heterocycles. The van der Waals surface area contributed by atoms with E-state index in [0.29, 0.717) is 18.7 Å². The van der Waals surface area contributed by atoms with Crippen LogP contribution in [0.5, 0.6) is 0 Å². The average molecular weight is 412 g/mol. The summed E-state index contributed by atoms with van der Waals surface area (Å²) in [6.07, 6.45) is -0.358. The normalized spacial score (nSPS) is 13.5. The van der Waals surface area contributed by atoms with Gasteiger partial charge < -0.3 is 10.1 Å². The highest BCUT2D eigenvalue weighted by Crippen LogP contribution is 2.31. The molecule has 1 N–H and O–H groups in total. The molecule has 0 spiro atoms. The van der Waals surface area contributed by atoms with Crippen LogP contribution in [0.25, 0.3) is 0 Å². The van der Waals surface area contributed by atoms with Crippen LogP contribution in [-0.2, 0) is 4.74 Å². The number of aryl methyl sites for hydroxylation is 1. The van der Waals surface area contributed by atoms with Crippen molar-refractivity contribution < 1.29 is 14.3 Å². The van der Waals surface area contributed by atoms with E-state index in [-0.39, 0.29) is 12.0 Å². The van der Waals surface area contributed by atoms with E-state index < -0.39 is 0 Å². The number of aromatic nitrogens is 1. The third-order valence-corrected chi connectivity index (χ3v) is 6.18. The molecule has 28 heavy (non-hydrogen) atoms. The van der Waals surface area contributed by atoms with Gasteiger partial charge in [0.2, 0.25) is 0 Å². The summed E-state index contributed by atoms with van der Waals surface area (Å²) in [4.78, 5) is 31.1. The van der Waals surface area contributed by atoms with Crippen LogP contribution in [0.1, 0.15) is 16.1 Å². The van der Waals surface area contributed by atoms with Gasteiger partial charge in [-0.3, -0.25) is 9.69 Å². The molecule has 1 aromatic heterocycles. The standard InChI is InChI=1S/C20H17N3O3S2/c1-13-12-27-19(21-13)28-17-8-4-15(5-9-17)22-18(24)14-2-6-16(7-3-14)23-10-11-26-20(23)25/h2-9,12H,10-11H2,1H3,(H,22,24). The molecule has 8 heteroatoms. The van der Waals surface area contributed by atoms with Gasteiger partial charge in [0, 0.05) is 32.9 Å². The molecule has 1 fully saturated rings. The van der Waals surface area contributed by atoms with Gasteiger partial charge >= 0.3 is 6.09 Å². The van der Waals surface area contributed by atoms with Crippen molar-refractivity contribution in [2.45, 2.75) is 16.2 Å². The Labute approximate surface area is 170 Å². The van der Waals surface area contributed by atoms with Gasteiger partial charge in [-0.25, -0.2) is 9.78 Å². The van der Waals surface area contributed by atoms with E-state index in [1.165, 1.54) is 0 Å². The van der Waals surface area contributed by atoms with Crippen molar-refractivity contribution in [1.82, 2.24) is 4.98 Å². The van der Waals surface area contributed by atoms with Gasteiger partial charge in [0.15, 0.2) is 4.34 Å². The first-order chi connectivity index (χ1) is 13.6. The van der Waals surface area contributed by atoms with Gasteiger partial charge in [-0.2, -0.15) is 0 Å². The van der Waals surface area contributed by atoms with E-state index in [2.05, 4.69) is 10.3 Å². The molecule has 4 rings (SSSR count). The van der Waals surface area contributed by atoms with Gasteiger partial charge in [-0.15, -0.1) is 11.3 Å². The summed E-state index contributed by atoms with van der Waals surface area (Å²) >= 11 is 3.22. The first-order valence-electron chi connectivity index (χ1n) is 8.64. The highest BCUT2D eigenvalue weighted by Gasteiger charge is 2.23. The molecular weight excluding hydrogens is 394 g/mol. The number of hydrogen-bond acceptors (Lipinski definition) is 6. The third-order valence-electron chi connectivity index (χ3n) is 4.12. The molecule has 0 radical (unpaired) electrons. The molecule has 6 nitrogen and oxygen atoms in total. The van der Waals surface area contributed by atoms with Gasteiger partial charge in [0.25, 0.3) is 5.91 Å². The number of nitrogens with one attached hydrogen (secondary N) is 1. The molecule has 1 aliphatic rings. The number of nitrogens with zero attached hydrogens (tertiary/aromatic N) is 2. The number of benzene rings is 2. The number of ether oxygens (including phenoxy) is 1. The van der Waals surface area contributed by atoms with Crippen LogP contribution in [0, 0.1) is 6.92 Å². The van der Waals surface area contributed by atoms with Crippen LogP contribution in [0.15, 0.2) is 63.1 Å². The summed E-state index contributed by atoms with van der Waals surface area (Å²) in [6, 6.07) is 14.5. The van der Waals surface area contributed by atoms with Crippen molar-refractivity contribution in [3.63, 3.8) is 0 Å². The highest BCUT2D eigenvalue weighted by molar-refractivity contribution is 8.01. The van der Waals surface area contributed by atoms with Crippen molar-refractivity contribution in [2.24, 2.45) is 0 Å². The van der Waals surface area contributed by atoms with Crippen molar-refractivity contribution in [2.75, 3.05) is 23.4 Å². The highest BCUT2D eigenvalue weighted by atomic mass is 32.2. The zero-order valence-corrected chi connectivity index (χ0v) is 16.7. The summed E-state index contributed by atoms with van der Waals surface area (Å²) in [5.74, 6) is -0.202. The second-order valence-electron chi connectivity index (χ2n) is 6.15. The topological polar surface area (TPSA) is 71.5 Å². The molecule has 1 aliphatic heterocycles. The number of anilines is 2. The quantitative estimate of drug-likeness (QED) is 0.652. The molecule has 0 atom stereocenters. The second-order valence-corrected chi connectivity index (χ2v) is 8.33. The number of rotatable bonds is 5. The molecule has 0 unspecified atom stereocenters. The Morgan fingerprint density at radius 2 is 1.93 bits per heavy atom. The Morgan fingerprint density at radius 3 is 2.54 bits per heavy atom. The average Bonchev–Trinajstić information content (AvgIpc) is 3.31. The van der Waals surface area contributed by atoms with Crippen molar-refractivity contribution in [1.29, 1.82) is 0 Å². The van der Waals surface area contributed by atoms with Crippen LogP contribution in [-0.4, -0.2) is 30.1 Å². The van der Waals surface area contributed by atoms with Crippen molar-refractivity contribution in [3.8, 4) is 0 Å². The molecule has 3 aromatic rings. The Balaban J connectivity index is 1.38. The lowest BCUT2D eigenvalue weighted by Crippen LogP contribution is -2.23. The number of hydrogen-bond donors (Lipinski definition) is 1. The predicted octanol–water partition coefficient (Wildman–Crippen LogP) is 4.81. The maximum absolute atomic E-state index is 12.5. The monoisotopic (exact) mass is 411 g/mol. The van der Waals surface area contributed by atoms with E-state index >= 15 is 0 Å². The molecule has 0 aliphatic carbocycles. The van der Waals surface area contributed by atoms with Crippen LogP contribution < -0.4 is 10.2 Å². The fourth-order valence-electron chi connectivity index (χ4n) is 2.71. The molecular formula is C20H17N3O3S2. The van der Waals surface area contributed by atoms with Crippen LogP contribution in [0.2, 0.25) is 0 Å². The maximum Gasteiger partial charge on any atom is 0.414 e. The van der Waals surface area contributed by atoms with Crippen LogP contribution >= 0.6 is 23.1 Å². The minimum atomic E-state index is -0.358. The lowest BCUT2D eigenvalue weighted by atomic mass is 10.2. The smallest absolute Gasteiger partial charge is 0.414 e. The fourth-order valence-corrected chi connectivity index (χ4v) is 4.52. The lowest BCUT2D eigenvalue weighted by molar-refractivity contribution is 0.102. The minimum Gasteiger partial charge on any atom is -0.447 e. The number of amides is 2. The SMILES string of the molecule is Cc1csc(Sc2ccc(NC(=O)c3ccc(N4CCOC4=O)cc3)cc2)n1. The lowest BCUT2D eigenvalue weighted by Gasteiger charge is -2.13. The summed E-state index contributed by atoms with van der Waals surface area (Å²) in [5, 5.41) is 4.91.